The van der Waals surface area contributed by atoms with Gasteiger partial charge in [-0.25, -0.2) is 0 Å². The molecule has 0 radical (unpaired) electrons. The molecule has 0 amide bonds. The van der Waals surface area contributed by atoms with Crippen molar-refractivity contribution in [2.45, 2.75) is 238 Å². The van der Waals surface area contributed by atoms with Gasteiger partial charge in [0.25, 0.3) is 0 Å². The maximum atomic E-state index is 11.0. The fraction of sp³-hybridized carbons (Fsp3) is 0.822. The van der Waals surface area contributed by atoms with Crippen LogP contribution in [0.5, 0.6) is 0 Å². The molecule has 0 aliphatic carbocycles. The Morgan fingerprint density at radius 2 is 0.725 bits per heavy atom. The van der Waals surface area contributed by atoms with E-state index in [0.29, 0.717) is 64.2 Å². The van der Waals surface area contributed by atoms with Gasteiger partial charge in [-0.2, -0.15) is 0 Å². The van der Waals surface area contributed by atoms with E-state index in [1.54, 1.807) is 13.0 Å². The summed E-state index contributed by atoms with van der Waals surface area (Å²) in [6, 6.07) is 0. The van der Waals surface area contributed by atoms with Crippen molar-refractivity contribution in [3.63, 3.8) is 0 Å². The van der Waals surface area contributed by atoms with Crippen LogP contribution < -0.4 is 0 Å². The highest BCUT2D eigenvalue weighted by atomic mass is 16.3. The van der Waals surface area contributed by atoms with Gasteiger partial charge in [0.15, 0.2) is 0 Å². The summed E-state index contributed by atoms with van der Waals surface area (Å²) in [6.07, 6.45) is 23.9. The van der Waals surface area contributed by atoms with Crippen LogP contribution in [0.2, 0.25) is 0 Å². The molecule has 6 atom stereocenters. The summed E-state index contributed by atoms with van der Waals surface area (Å²) < 4.78 is 0. The average molecular weight is 721 g/mol. The van der Waals surface area contributed by atoms with Gasteiger partial charge < -0.3 is 30.6 Å². The highest BCUT2D eigenvalue weighted by molar-refractivity contribution is 5.05. The number of rotatable bonds is 30. The highest BCUT2D eigenvalue weighted by Crippen LogP contribution is 2.31. The van der Waals surface area contributed by atoms with Crippen LogP contribution in [0.3, 0.4) is 0 Å². The van der Waals surface area contributed by atoms with Crippen molar-refractivity contribution in [2.75, 3.05) is 0 Å². The van der Waals surface area contributed by atoms with E-state index in [2.05, 4.69) is 52.5 Å². The molecule has 0 aromatic carbocycles. The van der Waals surface area contributed by atoms with Crippen LogP contribution in [0.15, 0.2) is 47.6 Å². The summed E-state index contributed by atoms with van der Waals surface area (Å²) in [7, 11) is 0. The predicted octanol–water partition coefficient (Wildman–Crippen LogP) is 10.7. The standard InChI is InChI=1S/C45H84O6/c1-12-40(6,46)26-15-24-38(4)22-13-23-39(5)25-16-28-42(8,48)30-18-32-44(10,50)34-20-36-45(11,51)35-19-33-43(9,49)31-17-29-41(7,47)27-14-21-37(2)3/h12,21,23-24,46-51H,1,13-20,22,25-36H2,2-11H3/b38-24+,39-23+. The van der Waals surface area contributed by atoms with Crippen molar-refractivity contribution in [3.8, 4) is 0 Å². The van der Waals surface area contributed by atoms with Crippen molar-refractivity contribution >= 4 is 0 Å². The molecular formula is C45H84O6. The Labute approximate surface area is 315 Å². The third kappa shape index (κ3) is 28.8. The van der Waals surface area contributed by atoms with E-state index in [0.717, 1.165) is 70.6 Å². The number of allylic oxidation sites excluding steroid dienone is 6. The maximum absolute atomic E-state index is 11.0. The molecule has 0 aromatic rings. The van der Waals surface area contributed by atoms with E-state index in [-0.39, 0.29) is 0 Å². The van der Waals surface area contributed by atoms with Crippen LogP contribution in [-0.2, 0) is 0 Å². The van der Waals surface area contributed by atoms with Crippen LogP contribution in [0.4, 0.5) is 0 Å². The minimum absolute atomic E-state index is 0.596. The lowest BCUT2D eigenvalue weighted by Crippen LogP contribution is -2.30. The Balaban J connectivity index is 4.35. The Bertz CT molecular complexity index is 1050. The lowest BCUT2D eigenvalue weighted by molar-refractivity contribution is -0.00580. The zero-order valence-electron chi connectivity index (χ0n) is 35.0. The number of hydrogen-bond acceptors (Lipinski definition) is 6. The maximum Gasteiger partial charge on any atom is 0.0800 e. The Morgan fingerprint density at radius 3 is 1.10 bits per heavy atom. The fourth-order valence-corrected chi connectivity index (χ4v) is 6.91. The smallest absolute Gasteiger partial charge is 0.0800 e. The lowest BCUT2D eigenvalue weighted by atomic mass is 9.84. The van der Waals surface area contributed by atoms with Crippen molar-refractivity contribution in [1.29, 1.82) is 0 Å². The van der Waals surface area contributed by atoms with Gasteiger partial charge >= 0.3 is 0 Å². The third-order valence-electron chi connectivity index (χ3n) is 10.9. The molecule has 0 fully saturated rings. The normalized spacial score (nSPS) is 19.9. The van der Waals surface area contributed by atoms with Crippen molar-refractivity contribution in [3.05, 3.63) is 47.6 Å². The van der Waals surface area contributed by atoms with Crippen molar-refractivity contribution < 1.29 is 30.6 Å². The van der Waals surface area contributed by atoms with Gasteiger partial charge in [-0.15, -0.1) is 6.58 Å². The van der Waals surface area contributed by atoms with Crippen molar-refractivity contribution in [2.24, 2.45) is 0 Å². The monoisotopic (exact) mass is 721 g/mol. The molecule has 0 saturated carbocycles. The first kappa shape index (κ1) is 49.7. The van der Waals surface area contributed by atoms with E-state index < -0.39 is 33.6 Å². The molecule has 51 heavy (non-hydrogen) atoms. The van der Waals surface area contributed by atoms with Gasteiger partial charge in [-0.05, 0) is 204 Å². The first-order valence-corrected chi connectivity index (χ1v) is 20.2. The second kappa shape index (κ2) is 23.5. The molecule has 6 unspecified atom stereocenters. The van der Waals surface area contributed by atoms with Gasteiger partial charge in [-0.1, -0.05) is 41.0 Å². The van der Waals surface area contributed by atoms with Crippen LogP contribution >= 0.6 is 0 Å². The summed E-state index contributed by atoms with van der Waals surface area (Å²) in [5.74, 6) is 0. The lowest BCUT2D eigenvalue weighted by Gasteiger charge is -2.30. The molecule has 0 aromatic heterocycles. The van der Waals surface area contributed by atoms with E-state index in [9.17, 15) is 30.6 Å². The quantitative estimate of drug-likeness (QED) is 0.0411. The molecule has 300 valence electrons. The van der Waals surface area contributed by atoms with Gasteiger partial charge in [0.2, 0.25) is 0 Å². The summed E-state index contributed by atoms with van der Waals surface area (Å²) in [5, 5.41) is 64.6. The molecule has 0 bridgehead atoms. The summed E-state index contributed by atoms with van der Waals surface area (Å²) in [5.41, 5.74) is -0.834. The minimum atomic E-state index is -0.846. The molecule has 0 rings (SSSR count). The molecule has 0 aliphatic rings. The Hall–Kier alpha value is -1.28. The first-order chi connectivity index (χ1) is 23.3. The Morgan fingerprint density at radius 1 is 0.412 bits per heavy atom. The minimum Gasteiger partial charge on any atom is -0.390 e. The number of hydrogen-bond donors (Lipinski definition) is 6. The molecule has 6 nitrogen and oxygen atoms in total. The summed E-state index contributed by atoms with van der Waals surface area (Å²) >= 11 is 0. The van der Waals surface area contributed by atoms with Crippen LogP contribution in [-0.4, -0.2) is 64.2 Å². The third-order valence-corrected chi connectivity index (χ3v) is 10.9. The van der Waals surface area contributed by atoms with E-state index in [4.69, 9.17) is 0 Å². The van der Waals surface area contributed by atoms with E-state index in [1.165, 1.54) is 16.7 Å². The number of aliphatic hydroxyl groups is 6. The average Bonchev–Trinajstić information content (AvgIpc) is 2.95. The topological polar surface area (TPSA) is 121 Å². The molecule has 0 spiro atoms. The summed E-state index contributed by atoms with van der Waals surface area (Å²) in [6.45, 7) is 23.3. The summed E-state index contributed by atoms with van der Waals surface area (Å²) in [4.78, 5) is 0. The molecule has 0 saturated heterocycles. The molecule has 6 heteroatoms. The largest absolute Gasteiger partial charge is 0.390 e. The van der Waals surface area contributed by atoms with Gasteiger partial charge in [0, 0.05) is 0 Å². The molecular weight excluding hydrogens is 636 g/mol. The Kier molecular flexibility index (Phi) is 22.9. The van der Waals surface area contributed by atoms with Gasteiger partial charge in [0.1, 0.15) is 0 Å². The van der Waals surface area contributed by atoms with E-state index in [1.807, 2.05) is 34.6 Å². The van der Waals surface area contributed by atoms with Crippen LogP contribution in [0, 0.1) is 0 Å². The zero-order valence-corrected chi connectivity index (χ0v) is 35.0. The first-order valence-electron chi connectivity index (χ1n) is 20.2. The molecule has 0 aliphatic heterocycles. The second-order valence-corrected chi connectivity index (χ2v) is 18.3. The van der Waals surface area contributed by atoms with Crippen LogP contribution in [0.1, 0.15) is 204 Å². The molecule has 6 N–H and O–H groups in total. The van der Waals surface area contributed by atoms with Gasteiger partial charge in [-0.3, -0.25) is 0 Å². The van der Waals surface area contributed by atoms with E-state index >= 15 is 0 Å². The second-order valence-electron chi connectivity index (χ2n) is 18.3. The highest BCUT2D eigenvalue weighted by Gasteiger charge is 2.28. The molecule has 0 heterocycles. The van der Waals surface area contributed by atoms with Crippen LogP contribution in [0.25, 0.3) is 0 Å². The fourth-order valence-electron chi connectivity index (χ4n) is 6.91. The zero-order chi connectivity index (χ0) is 39.4. The predicted molar refractivity (Wildman–Crippen MR) is 218 cm³/mol. The van der Waals surface area contributed by atoms with Gasteiger partial charge in [0.05, 0.1) is 33.6 Å². The SMILES string of the molecule is C=CC(C)(O)CC/C=C(\C)CC/C=C(\C)CCCC(C)(O)CCCC(C)(O)CCCC(C)(O)CCCC(C)(O)CCCC(C)(O)CCC=C(C)C. The van der Waals surface area contributed by atoms with Crippen molar-refractivity contribution in [1.82, 2.24) is 0 Å².